The lowest BCUT2D eigenvalue weighted by Crippen LogP contribution is -2.13. The predicted molar refractivity (Wildman–Crippen MR) is 276 cm³/mol. The summed E-state index contributed by atoms with van der Waals surface area (Å²) in [5.41, 5.74) is 15.2. The SMILES string of the molecule is c1ccc(-c2ccc(-c3cccc4ccccc34)cc2N(c2ccc(-c3cccc4sc5ccccc5c34)cc2)c2ccccc2-c2cccc3cccc(-c4ccccc4)c23)cc1. The van der Waals surface area contributed by atoms with Crippen LogP contribution >= 0.6 is 11.3 Å². The third-order valence-corrected chi connectivity index (χ3v) is 13.8. The van der Waals surface area contributed by atoms with Crippen LogP contribution in [0.15, 0.2) is 249 Å². The van der Waals surface area contributed by atoms with E-state index in [0.29, 0.717) is 0 Å². The van der Waals surface area contributed by atoms with E-state index in [1.807, 2.05) is 11.3 Å². The van der Waals surface area contributed by atoms with E-state index < -0.39 is 0 Å². The monoisotopic (exact) mass is 831 g/mol. The van der Waals surface area contributed by atoms with Crippen LogP contribution in [0.1, 0.15) is 0 Å². The van der Waals surface area contributed by atoms with Crippen LogP contribution in [0.25, 0.3) is 97.4 Å². The molecule has 0 spiro atoms. The van der Waals surface area contributed by atoms with Gasteiger partial charge in [-0.2, -0.15) is 0 Å². The van der Waals surface area contributed by atoms with Crippen LogP contribution in [0.5, 0.6) is 0 Å². The number of fused-ring (bicyclic) bond motifs is 5. The number of hydrogen-bond donors (Lipinski definition) is 0. The molecule has 0 amide bonds. The lowest BCUT2D eigenvalue weighted by molar-refractivity contribution is 1.28. The Hall–Kier alpha value is -8.04. The Balaban J connectivity index is 1.12. The van der Waals surface area contributed by atoms with Crippen LogP contribution in [0, 0.1) is 0 Å². The van der Waals surface area contributed by atoms with Gasteiger partial charge in [-0.1, -0.05) is 212 Å². The van der Waals surface area contributed by atoms with E-state index in [4.69, 9.17) is 0 Å². The summed E-state index contributed by atoms with van der Waals surface area (Å²) in [5, 5.41) is 7.53. The average Bonchev–Trinajstić information content (AvgIpc) is 3.76. The number of benzene rings is 11. The molecule has 12 rings (SSSR count). The minimum Gasteiger partial charge on any atom is -0.309 e. The van der Waals surface area contributed by atoms with Crippen LogP contribution < -0.4 is 4.90 Å². The average molecular weight is 832 g/mol. The molecule has 11 aromatic carbocycles. The van der Waals surface area contributed by atoms with Crippen molar-refractivity contribution in [3.8, 4) is 55.6 Å². The van der Waals surface area contributed by atoms with Crippen molar-refractivity contribution >= 4 is 70.1 Å². The molecule has 0 aliphatic heterocycles. The van der Waals surface area contributed by atoms with Gasteiger partial charge in [0, 0.05) is 37.0 Å². The van der Waals surface area contributed by atoms with Gasteiger partial charge < -0.3 is 4.90 Å². The fourth-order valence-electron chi connectivity index (χ4n) is 9.76. The molecule has 0 saturated carbocycles. The van der Waals surface area contributed by atoms with E-state index in [9.17, 15) is 0 Å². The molecule has 1 heterocycles. The van der Waals surface area contributed by atoms with E-state index in [2.05, 4.69) is 254 Å². The first-order valence-corrected chi connectivity index (χ1v) is 22.7. The van der Waals surface area contributed by atoms with Crippen molar-refractivity contribution in [2.24, 2.45) is 0 Å². The van der Waals surface area contributed by atoms with Crippen LogP contribution in [-0.2, 0) is 0 Å². The Bertz CT molecular complexity index is 3650. The van der Waals surface area contributed by atoms with Gasteiger partial charge >= 0.3 is 0 Å². The molecule has 2 heteroatoms. The Morgan fingerprint density at radius 2 is 0.781 bits per heavy atom. The van der Waals surface area contributed by atoms with E-state index >= 15 is 0 Å². The zero-order valence-corrected chi connectivity index (χ0v) is 35.8. The molecule has 0 N–H and O–H groups in total. The van der Waals surface area contributed by atoms with Gasteiger partial charge in [0.1, 0.15) is 0 Å². The summed E-state index contributed by atoms with van der Waals surface area (Å²) in [6.45, 7) is 0. The molecule has 0 atom stereocenters. The lowest BCUT2D eigenvalue weighted by Gasteiger charge is -2.31. The molecule has 0 unspecified atom stereocenters. The Morgan fingerprint density at radius 3 is 1.56 bits per heavy atom. The lowest BCUT2D eigenvalue weighted by atomic mass is 9.90. The summed E-state index contributed by atoms with van der Waals surface area (Å²) in [6, 6.07) is 91.1. The highest BCUT2D eigenvalue weighted by atomic mass is 32.1. The van der Waals surface area contributed by atoms with E-state index in [-0.39, 0.29) is 0 Å². The Labute approximate surface area is 377 Å². The molecule has 0 fully saturated rings. The van der Waals surface area contributed by atoms with Crippen molar-refractivity contribution < 1.29 is 0 Å². The molecular weight excluding hydrogens is 791 g/mol. The fourth-order valence-corrected chi connectivity index (χ4v) is 10.9. The van der Waals surface area contributed by atoms with Crippen LogP contribution in [-0.4, -0.2) is 0 Å². The Kier molecular flexibility index (Phi) is 9.43. The highest BCUT2D eigenvalue weighted by Crippen LogP contribution is 2.49. The zero-order valence-electron chi connectivity index (χ0n) is 35.0. The number of nitrogens with zero attached hydrogens (tertiary/aromatic N) is 1. The number of para-hydroxylation sites is 1. The van der Waals surface area contributed by atoms with Crippen molar-refractivity contribution in [2.45, 2.75) is 0 Å². The first kappa shape index (κ1) is 37.7. The highest BCUT2D eigenvalue weighted by Gasteiger charge is 2.23. The summed E-state index contributed by atoms with van der Waals surface area (Å²) in [7, 11) is 0. The van der Waals surface area contributed by atoms with Gasteiger partial charge in [-0.05, 0) is 102 Å². The Morgan fingerprint density at radius 1 is 0.266 bits per heavy atom. The van der Waals surface area contributed by atoms with Gasteiger partial charge in [0.15, 0.2) is 0 Å². The summed E-state index contributed by atoms with van der Waals surface area (Å²) in [5.74, 6) is 0. The van der Waals surface area contributed by atoms with Crippen LogP contribution in [0.2, 0.25) is 0 Å². The minimum atomic E-state index is 1.08. The molecule has 0 radical (unpaired) electrons. The smallest absolute Gasteiger partial charge is 0.0546 e. The molecule has 0 saturated heterocycles. The maximum absolute atomic E-state index is 2.50. The first-order chi connectivity index (χ1) is 31.8. The quantitative estimate of drug-likeness (QED) is 0.147. The van der Waals surface area contributed by atoms with Crippen molar-refractivity contribution in [3.05, 3.63) is 249 Å². The van der Waals surface area contributed by atoms with Gasteiger partial charge in [0.2, 0.25) is 0 Å². The van der Waals surface area contributed by atoms with Gasteiger partial charge in [0.25, 0.3) is 0 Å². The molecule has 12 aromatic rings. The molecular formula is C62H41NS. The maximum atomic E-state index is 2.50. The summed E-state index contributed by atoms with van der Waals surface area (Å²) < 4.78 is 2.62. The van der Waals surface area contributed by atoms with Crippen molar-refractivity contribution in [1.29, 1.82) is 0 Å². The third-order valence-electron chi connectivity index (χ3n) is 12.7. The molecule has 1 nitrogen and oxygen atoms in total. The molecule has 64 heavy (non-hydrogen) atoms. The normalized spacial score (nSPS) is 11.4. The van der Waals surface area contributed by atoms with Crippen molar-refractivity contribution in [3.63, 3.8) is 0 Å². The van der Waals surface area contributed by atoms with Gasteiger partial charge in [-0.3, -0.25) is 0 Å². The van der Waals surface area contributed by atoms with Gasteiger partial charge in [0.05, 0.1) is 11.4 Å². The number of rotatable bonds is 8. The topological polar surface area (TPSA) is 3.24 Å². The number of thiophene rings is 1. The minimum absolute atomic E-state index is 1.08. The second kappa shape index (κ2) is 16.0. The van der Waals surface area contributed by atoms with Crippen molar-refractivity contribution in [1.82, 2.24) is 0 Å². The summed E-state index contributed by atoms with van der Waals surface area (Å²) in [4.78, 5) is 2.50. The van der Waals surface area contributed by atoms with Gasteiger partial charge in [-0.25, -0.2) is 0 Å². The molecule has 0 aliphatic carbocycles. The van der Waals surface area contributed by atoms with E-state index in [1.165, 1.54) is 75.1 Å². The summed E-state index contributed by atoms with van der Waals surface area (Å²) >= 11 is 1.86. The van der Waals surface area contributed by atoms with Crippen LogP contribution in [0.4, 0.5) is 17.1 Å². The maximum Gasteiger partial charge on any atom is 0.0546 e. The summed E-state index contributed by atoms with van der Waals surface area (Å²) in [6.07, 6.45) is 0. The van der Waals surface area contributed by atoms with E-state index in [0.717, 1.165) is 39.3 Å². The van der Waals surface area contributed by atoms with Crippen molar-refractivity contribution in [2.75, 3.05) is 4.90 Å². The standard InChI is InChI=1S/C62H41NS/c1-3-17-43(18-4-1)51-40-37-47(50-28-13-22-42-21-7-8-25-49(42)50)41-58(51)63(48-38-35-45(36-39-48)53-30-16-34-60-62(53)56-27-10-12-33-59(56)64-60)57-32-11-9-26-54(57)55-31-15-24-46-23-14-29-52(61(46)55)44-19-5-2-6-20-44/h1-41H. The molecule has 300 valence electrons. The van der Waals surface area contributed by atoms with Gasteiger partial charge in [-0.15, -0.1) is 11.3 Å². The fraction of sp³-hybridized carbons (Fsp3) is 0. The second-order valence-electron chi connectivity index (χ2n) is 16.4. The van der Waals surface area contributed by atoms with Crippen LogP contribution in [0.3, 0.4) is 0 Å². The third kappa shape index (κ3) is 6.55. The molecule has 0 bridgehead atoms. The zero-order chi connectivity index (χ0) is 42.4. The number of hydrogen-bond acceptors (Lipinski definition) is 2. The number of anilines is 3. The molecule has 0 aliphatic rings. The van der Waals surface area contributed by atoms with E-state index in [1.54, 1.807) is 0 Å². The predicted octanol–water partition coefficient (Wildman–Crippen LogP) is 18.2. The largest absolute Gasteiger partial charge is 0.309 e. The highest BCUT2D eigenvalue weighted by molar-refractivity contribution is 7.25. The molecule has 1 aromatic heterocycles. The second-order valence-corrected chi connectivity index (χ2v) is 17.5. The first-order valence-electron chi connectivity index (χ1n) is 21.9.